The van der Waals surface area contributed by atoms with Crippen molar-refractivity contribution in [3.63, 3.8) is 0 Å². The molecule has 0 aromatic carbocycles. The van der Waals surface area contributed by atoms with Crippen LogP contribution in [0, 0.1) is 10.1 Å². The number of aromatic carboxylic acids is 1. The van der Waals surface area contributed by atoms with Crippen LogP contribution < -0.4 is 11.3 Å². The van der Waals surface area contributed by atoms with Crippen LogP contribution in [0.2, 0.25) is 0 Å². The largest absolute Gasteiger partial charge is 0.477 e. The van der Waals surface area contributed by atoms with E-state index < -0.39 is 27.7 Å². The minimum atomic E-state index is -1.46. The molecule has 2 heterocycles. The van der Waals surface area contributed by atoms with E-state index in [9.17, 15) is 19.7 Å². The van der Waals surface area contributed by atoms with Gasteiger partial charge in [-0.25, -0.2) is 14.8 Å². The summed E-state index contributed by atoms with van der Waals surface area (Å²) in [5.74, 6) is -1.47. The first-order chi connectivity index (χ1) is 9.86. The van der Waals surface area contributed by atoms with Crippen molar-refractivity contribution in [1.82, 2.24) is 15.0 Å². The lowest BCUT2D eigenvalue weighted by atomic mass is 10.2. The first-order valence-electron chi connectivity index (χ1n) is 5.29. The normalized spacial score (nSPS) is 10.3. The summed E-state index contributed by atoms with van der Waals surface area (Å²) in [5.41, 5.74) is 3.79. The number of nitrogens with zero attached hydrogens (tertiary/aromatic N) is 3. The first-order valence-corrected chi connectivity index (χ1v) is 6.11. The number of carboxylic acid groups (broad SMARTS) is 1. The Balaban J connectivity index is 2.41. The number of nitrogens with one attached hydrogen (secondary N) is 1. The fourth-order valence-electron chi connectivity index (χ4n) is 1.40. The van der Waals surface area contributed by atoms with Gasteiger partial charge in [-0.05, 0) is 17.8 Å². The van der Waals surface area contributed by atoms with Gasteiger partial charge >= 0.3 is 11.7 Å². The van der Waals surface area contributed by atoms with Gasteiger partial charge in [0.15, 0.2) is 5.16 Å². The number of nitrogen functional groups attached to an aromatic ring is 1. The van der Waals surface area contributed by atoms with E-state index in [2.05, 4.69) is 15.0 Å². The number of aromatic nitrogens is 3. The van der Waals surface area contributed by atoms with E-state index in [0.717, 1.165) is 30.1 Å². The zero-order valence-electron chi connectivity index (χ0n) is 10.1. The molecule has 4 N–H and O–H groups in total. The highest BCUT2D eigenvalue weighted by molar-refractivity contribution is 7.99. The summed E-state index contributed by atoms with van der Waals surface area (Å²) in [5, 5.41) is 19.9. The monoisotopic (exact) mass is 309 g/mol. The number of aromatic amines is 1. The lowest BCUT2D eigenvalue weighted by Crippen LogP contribution is -2.09. The Morgan fingerprint density at radius 2 is 2.19 bits per heavy atom. The molecule has 0 aliphatic rings. The molecule has 2 rings (SSSR count). The third kappa shape index (κ3) is 3.33. The van der Waals surface area contributed by atoms with Crippen LogP contribution in [-0.4, -0.2) is 31.0 Å². The summed E-state index contributed by atoms with van der Waals surface area (Å²) in [4.78, 5) is 42.0. The standard InChI is InChI=1S/C10H7N5O5S/c11-6-2-7(16)14-10(13-6)21-8-1-4(9(17)18)5(3-12-8)15(19)20/h1-3H,(H,17,18)(H3,11,13,14,16). The number of H-pyrrole nitrogens is 1. The van der Waals surface area contributed by atoms with Gasteiger partial charge in [0, 0.05) is 6.07 Å². The Labute approximate surface area is 120 Å². The van der Waals surface area contributed by atoms with E-state index in [1.54, 1.807) is 0 Å². The van der Waals surface area contributed by atoms with Crippen LogP contribution in [0.4, 0.5) is 11.5 Å². The highest BCUT2D eigenvalue weighted by Gasteiger charge is 2.21. The van der Waals surface area contributed by atoms with E-state index in [-0.39, 0.29) is 16.0 Å². The quantitative estimate of drug-likeness (QED) is 0.414. The predicted molar refractivity (Wildman–Crippen MR) is 71.2 cm³/mol. The first kappa shape index (κ1) is 14.5. The summed E-state index contributed by atoms with van der Waals surface area (Å²) in [6.45, 7) is 0. The average Bonchev–Trinajstić information content (AvgIpc) is 2.36. The van der Waals surface area contributed by atoms with Gasteiger partial charge in [0.05, 0.1) is 4.92 Å². The van der Waals surface area contributed by atoms with Crippen molar-refractivity contribution in [1.29, 1.82) is 0 Å². The van der Waals surface area contributed by atoms with Gasteiger partial charge in [0.2, 0.25) is 0 Å². The molecule has 0 aliphatic heterocycles. The Morgan fingerprint density at radius 3 is 2.76 bits per heavy atom. The average molecular weight is 309 g/mol. The lowest BCUT2D eigenvalue weighted by Gasteiger charge is -2.02. The Kier molecular flexibility index (Phi) is 3.84. The number of hydrogen-bond acceptors (Lipinski definition) is 8. The smallest absolute Gasteiger partial charge is 0.342 e. The number of carboxylic acids is 1. The van der Waals surface area contributed by atoms with Crippen LogP contribution >= 0.6 is 11.8 Å². The van der Waals surface area contributed by atoms with E-state index in [0.29, 0.717) is 0 Å². The van der Waals surface area contributed by atoms with Gasteiger partial charge in [-0.3, -0.25) is 14.9 Å². The number of hydrogen-bond donors (Lipinski definition) is 3. The second kappa shape index (κ2) is 5.58. The third-order valence-corrected chi connectivity index (χ3v) is 3.05. The maximum absolute atomic E-state index is 11.2. The molecule has 0 radical (unpaired) electrons. The van der Waals surface area contributed by atoms with Gasteiger partial charge in [-0.15, -0.1) is 0 Å². The van der Waals surface area contributed by atoms with Gasteiger partial charge < -0.3 is 15.8 Å². The summed E-state index contributed by atoms with van der Waals surface area (Å²) < 4.78 is 0. The zero-order chi connectivity index (χ0) is 15.6. The van der Waals surface area contributed by atoms with Gasteiger partial charge in [0.25, 0.3) is 5.56 Å². The Hall–Kier alpha value is -2.95. The fourth-order valence-corrected chi connectivity index (χ4v) is 2.19. The molecule has 10 nitrogen and oxygen atoms in total. The summed E-state index contributed by atoms with van der Waals surface area (Å²) in [6.07, 6.45) is 0.830. The molecule has 2 aromatic heterocycles. The van der Waals surface area contributed by atoms with Gasteiger partial charge in [0.1, 0.15) is 22.6 Å². The van der Waals surface area contributed by atoms with Crippen molar-refractivity contribution in [2.75, 3.05) is 5.73 Å². The second-order valence-corrected chi connectivity index (χ2v) is 4.69. The minimum absolute atomic E-state index is 0.0124. The van der Waals surface area contributed by atoms with E-state index in [4.69, 9.17) is 10.8 Å². The van der Waals surface area contributed by atoms with Crippen LogP contribution in [0.3, 0.4) is 0 Å². The molecule has 21 heavy (non-hydrogen) atoms. The second-order valence-electron chi connectivity index (χ2n) is 3.68. The highest BCUT2D eigenvalue weighted by Crippen LogP contribution is 2.26. The van der Waals surface area contributed by atoms with Crippen LogP contribution in [0.25, 0.3) is 0 Å². The minimum Gasteiger partial charge on any atom is -0.477 e. The molecule has 0 unspecified atom stereocenters. The Morgan fingerprint density at radius 1 is 1.48 bits per heavy atom. The van der Waals surface area contributed by atoms with E-state index in [1.807, 2.05) is 0 Å². The van der Waals surface area contributed by atoms with Crippen LogP contribution in [0.15, 0.2) is 33.3 Å². The summed E-state index contributed by atoms with van der Waals surface area (Å²) >= 11 is 0.824. The molecule has 0 saturated carbocycles. The third-order valence-electron chi connectivity index (χ3n) is 2.23. The molecule has 0 atom stereocenters. The molecule has 2 aromatic rings. The van der Waals surface area contributed by atoms with Crippen molar-refractivity contribution in [3.05, 3.63) is 44.4 Å². The molecule has 0 fully saturated rings. The van der Waals surface area contributed by atoms with E-state index in [1.165, 1.54) is 0 Å². The molecular formula is C10H7N5O5S. The van der Waals surface area contributed by atoms with Crippen LogP contribution in [-0.2, 0) is 0 Å². The molecule has 0 aliphatic carbocycles. The molecule has 0 spiro atoms. The number of nitro groups is 1. The van der Waals surface area contributed by atoms with Crippen molar-refractivity contribution >= 4 is 29.2 Å². The topological polar surface area (TPSA) is 165 Å². The molecule has 0 saturated heterocycles. The molecular weight excluding hydrogens is 302 g/mol. The van der Waals surface area contributed by atoms with Gasteiger partial charge in [-0.2, -0.15) is 0 Å². The maximum Gasteiger partial charge on any atom is 0.342 e. The lowest BCUT2D eigenvalue weighted by molar-refractivity contribution is -0.385. The Bertz CT molecular complexity index is 790. The molecule has 0 bridgehead atoms. The van der Waals surface area contributed by atoms with Crippen molar-refractivity contribution < 1.29 is 14.8 Å². The predicted octanol–water partition coefficient (Wildman–Crippen LogP) is 0.505. The molecule has 11 heteroatoms. The fraction of sp³-hybridized carbons (Fsp3) is 0. The summed E-state index contributed by atoms with van der Waals surface area (Å²) in [7, 11) is 0. The number of pyridine rings is 1. The van der Waals surface area contributed by atoms with Crippen molar-refractivity contribution in [2.45, 2.75) is 10.2 Å². The number of nitrogens with two attached hydrogens (primary N) is 1. The number of anilines is 1. The van der Waals surface area contributed by atoms with Crippen molar-refractivity contribution in [3.8, 4) is 0 Å². The maximum atomic E-state index is 11.2. The van der Waals surface area contributed by atoms with Crippen molar-refractivity contribution in [2.24, 2.45) is 0 Å². The highest BCUT2D eigenvalue weighted by atomic mass is 32.2. The van der Waals surface area contributed by atoms with Gasteiger partial charge in [-0.1, -0.05) is 0 Å². The number of rotatable bonds is 4. The molecule has 108 valence electrons. The SMILES string of the molecule is Nc1cc(=O)[nH]c(Sc2cc(C(=O)O)c([N+](=O)[O-])cn2)n1. The summed E-state index contributed by atoms with van der Waals surface area (Å²) in [6, 6.07) is 2.10. The number of carbonyl (C=O) groups is 1. The molecule has 0 amide bonds. The zero-order valence-corrected chi connectivity index (χ0v) is 11.0. The van der Waals surface area contributed by atoms with E-state index >= 15 is 0 Å². The van der Waals surface area contributed by atoms with Crippen LogP contribution in [0.1, 0.15) is 10.4 Å². The van der Waals surface area contributed by atoms with Crippen LogP contribution in [0.5, 0.6) is 0 Å².